The molecule has 0 saturated carbocycles. The molecule has 0 aromatic heterocycles. The average Bonchev–Trinajstić information content (AvgIpc) is 2.17. The van der Waals surface area contributed by atoms with Gasteiger partial charge in [-0.05, 0) is 44.9 Å². The summed E-state index contributed by atoms with van der Waals surface area (Å²) in [6.45, 7) is 7.74. The Bertz CT molecular complexity index is 297. The van der Waals surface area contributed by atoms with Crippen molar-refractivity contribution in [3.63, 3.8) is 0 Å². The highest BCUT2D eigenvalue weighted by molar-refractivity contribution is 5.45. The molecule has 2 heteroatoms. The Kier molecular flexibility index (Phi) is 3.75. The quantitative estimate of drug-likeness (QED) is 0.795. The number of hydrogen-bond acceptors (Lipinski definition) is 2. The van der Waals surface area contributed by atoms with Gasteiger partial charge < -0.3 is 10.4 Å². The molecule has 1 aromatic rings. The summed E-state index contributed by atoms with van der Waals surface area (Å²) in [6, 6.07) is 8.37. The van der Waals surface area contributed by atoms with Gasteiger partial charge in [-0.2, -0.15) is 0 Å². The smallest absolute Gasteiger partial charge is 0.0789 e. The van der Waals surface area contributed by atoms with Crippen molar-refractivity contribution in [3.05, 3.63) is 29.8 Å². The van der Waals surface area contributed by atoms with Crippen molar-refractivity contribution in [1.29, 1.82) is 0 Å². The van der Waals surface area contributed by atoms with Crippen molar-refractivity contribution >= 4 is 5.69 Å². The Balaban J connectivity index is 2.65. The van der Waals surface area contributed by atoms with Gasteiger partial charge in [-0.25, -0.2) is 0 Å². The van der Waals surface area contributed by atoms with Crippen LogP contribution < -0.4 is 5.32 Å². The molecule has 2 N–H and O–H groups in total. The van der Waals surface area contributed by atoms with Crippen LogP contribution in [0.1, 0.15) is 33.3 Å². The average molecular weight is 207 g/mol. The molecule has 84 valence electrons. The highest BCUT2D eigenvalue weighted by Gasteiger charge is 2.21. The second kappa shape index (κ2) is 4.67. The first-order valence-electron chi connectivity index (χ1n) is 5.51. The van der Waals surface area contributed by atoms with E-state index in [0.717, 1.165) is 12.1 Å². The van der Waals surface area contributed by atoms with E-state index in [1.54, 1.807) is 0 Å². The highest BCUT2D eigenvalue weighted by atomic mass is 16.3. The van der Waals surface area contributed by atoms with Gasteiger partial charge in [0.1, 0.15) is 0 Å². The van der Waals surface area contributed by atoms with E-state index in [0.29, 0.717) is 0 Å². The van der Waals surface area contributed by atoms with Crippen molar-refractivity contribution in [3.8, 4) is 0 Å². The summed E-state index contributed by atoms with van der Waals surface area (Å²) in [6.07, 6.45) is 1.06. The number of rotatable bonds is 4. The third-order valence-electron chi connectivity index (χ3n) is 2.81. The summed E-state index contributed by atoms with van der Waals surface area (Å²) >= 11 is 0. The maximum atomic E-state index is 9.79. The lowest BCUT2D eigenvalue weighted by molar-refractivity contribution is 0.0649. The van der Waals surface area contributed by atoms with Gasteiger partial charge in [0.05, 0.1) is 11.6 Å². The molecule has 1 aromatic carbocycles. The first-order chi connectivity index (χ1) is 6.93. The maximum Gasteiger partial charge on any atom is 0.0789 e. The van der Waals surface area contributed by atoms with Crippen LogP contribution in [0.5, 0.6) is 0 Å². The van der Waals surface area contributed by atoms with Gasteiger partial charge in [-0.1, -0.05) is 19.1 Å². The minimum absolute atomic E-state index is 0.0324. The first-order valence-corrected chi connectivity index (χ1v) is 5.51. The largest absolute Gasteiger partial charge is 0.388 e. The van der Waals surface area contributed by atoms with Crippen LogP contribution in [0, 0.1) is 0 Å². The molecule has 2 nitrogen and oxygen atoms in total. The van der Waals surface area contributed by atoms with Crippen LogP contribution in [0.25, 0.3) is 0 Å². The zero-order valence-corrected chi connectivity index (χ0v) is 10.0. The summed E-state index contributed by atoms with van der Waals surface area (Å²) in [7, 11) is 0. The number of aryl methyl sites for hydroxylation is 1. The third-order valence-corrected chi connectivity index (χ3v) is 2.81. The van der Waals surface area contributed by atoms with E-state index in [1.165, 1.54) is 5.56 Å². The van der Waals surface area contributed by atoms with Crippen LogP contribution in [0.3, 0.4) is 0 Å². The van der Waals surface area contributed by atoms with Crippen LogP contribution in [0.15, 0.2) is 24.3 Å². The normalized spacial score (nSPS) is 13.7. The van der Waals surface area contributed by atoms with Crippen molar-refractivity contribution in [2.45, 2.75) is 45.8 Å². The predicted octanol–water partition coefficient (Wildman–Crippen LogP) is 2.82. The van der Waals surface area contributed by atoms with Crippen molar-refractivity contribution < 1.29 is 5.11 Å². The van der Waals surface area contributed by atoms with Gasteiger partial charge in [0.25, 0.3) is 0 Å². The van der Waals surface area contributed by atoms with Crippen LogP contribution in [-0.2, 0) is 6.42 Å². The van der Waals surface area contributed by atoms with Crippen LogP contribution in [0.2, 0.25) is 0 Å². The van der Waals surface area contributed by atoms with Gasteiger partial charge in [-0.15, -0.1) is 0 Å². The lowest BCUT2D eigenvalue weighted by atomic mass is 10.0. The topological polar surface area (TPSA) is 32.3 Å². The monoisotopic (exact) mass is 207 g/mol. The Morgan fingerprint density at radius 2 is 1.80 bits per heavy atom. The minimum atomic E-state index is -0.705. The third kappa shape index (κ3) is 3.56. The van der Waals surface area contributed by atoms with E-state index in [-0.39, 0.29) is 6.04 Å². The lowest BCUT2D eigenvalue weighted by Crippen LogP contribution is -2.39. The van der Waals surface area contributed by atoms with Crippen molar-refractivity contribution in [2.75, 3.05) is 5.32 Å². The zero-order chi connectivity index (χ0) is 11.5. The molecule has 0 aliphatic carbocycles. The Morgan fingerprint density at radius 1 is 1.27 bits per heavy atom. The van der Waals surface area contributed by atoms with Gasteiger partial charge in [0.2, 0.25) is 0 Å². The van der Waals surface area contributed by atoms with Crippen molar-refractivity contribution in [1.82, 2.24) is 0 Å². The number of anilines is 1. The summed E-state index contributed by atoms with van der Waals surface area (Å²) in [5.41, 5.74) is 1.68. The van der Waals surface area contributed by atoms with Gasteiger partial charge in [-0.3, -0.25) is 0 Å². The second-order valence-corrected chi connectivity index (χ2v) is 4.57. The van der Waals surface area contributed by atoms with Gasteiger partial charge >= 0.3 is 0 Å². The molecular formula is C13H21NO. The van der Waals surface area contributed by atoms with Gasteiger partial charge in [0, 0.05) is 5.69 Å². The highest BCUT2D eigenvalue weighted by Crippen LogP contribution is 2.16. The molecule has 0 aliphatic heterocycles. The Morgan fingerprint density at radius 3 is 2.20 bits per heavy atom. The number of hydrogen-bond donors (Lipinski definition) is 2. The van der Waals surface area contributed by atoms with E-state index in [4.69, 9.17) is 0 Å². The Hall–Kier alpha value is -1.02. The maximum absolute atomic E-state index is 9.79. The second-order valence-electron chi connectivity index (χ2n) is 4.57. The predicted molar refractivity (Wildman–Crippen MR) is 65.2 cm³/mol. The molecule has 0 bridgehead atoms. The fourth-order valence-electron chi connectivity index (χ4n) is 1.26. The van der Waals surface area contributed by atoms with E-state index in [1.807, 2.05) is 20.8 Å². The number of benzene rings is 1. The Labute approximate surface area is 92.3 Å². The molecule has 0 amide bonds. The SMILES string of the molecule is CCc1ccc(NC(C)C(C)(C)O)cc1. The summed E-state index contributed by atoms with van der Waals surface area (Å²) in [5.74, 6) is 0. The summed E-state index contributed by atoms with van der Waals surface area (Å²) < 4.78 is 0. The van der Waals surface area contributed by atoms with E-state index < -0.39 is 5.60 Å². The molecule has 1 atom stereocenters. The fourth-order valence-corrected chi connectivity index (χ4v) is 1.26. The van der Waals surface area contributed by atoms with Crippen molar-refractivity contribution in [2.24, 2.45) is 0 Å². The zero-order valence-electron chi connectivity index (χ0n) is 10.0. The molecule has 0 radical (unpaired) electrons. The molecule has 0 saturated heterocycles. The molecule has 0 aliphatic rings. The molecule has 1 unspecified atom stereocenters. The standard InChI is InChI=1S/C13H21NO/c1-5-11-6-8-12(9-7-11)14-10(2)13(3,4)15/h6-10,14-15H,5H2,1-4H3. The van der Waals surface area contributed by atoms with E-state index in [2.05, 4.69) is 36.5 Å². The number of aliphatic hydroxyl groups is 1. The molecule has 15 heavy (non-hydrogen) atoms. The molecule has 0 spiro atoms. The minimum Gasteiger partial charge on any atom is -0.388 e. The lowest BCUT2D eigenvalue weighted by Gasteiger charge is -2.27. The summed E-state index contributed by atoms with van der Waals surface area (Å²) in [4.78, 5) is 0. The van der Waals surface area contributed by atoms with Crippen LogP contribution in [-0.4, -0.2) is 16.7 Å². The first kappa shape index (κ1) is 12.1. The van der Waals surface area contributed by atoms with Crippen LogP contribution in [0.4, 0.5) is 5.69 Å². The molecular weight excluding hydrogens is 186 g/mol. The van der Waals surface area contributed by atoms with E-state index in [9.17, 15) is 5.11 Å². The van der Waals surface area contributed by atoms with Crippen LogP contribution >= 0.6 is 0 Å². The molecule has 0 fully saturated rings. The fraction of sp³-hybridized carbons (Fsp3) is 0.538. The molecule has 1 rings (SSSR count). The summed E-state index contributed by atoms with van der Waals surface area (Å²) in [5, 5.41) is 13.1. The molecule has 0 heterocycles. The van der Waals surface area contributed by atoms with E-state index >= 15 is 0 Å². The number of nitrogens with one attached hydrogen (secondary N) is 1. The van der Waals surface area contributed by atoms with Gasteiger partial charge in [0.15, 0.2) is 0 Å².